The summed E-state index contributed by atoms with van der Waals surface area (Å²) < 4.78 is 27.5. The number of piperazine rings is 1. The van der Waals surface area contributed by atoms with Crippen LogP contribution < -0.4 is 10.6 Å². The van der Waals surface area contributed by atoms with Crippen molar-refractivity contribution in [3.05, 3.63) is 29.3 Å². The van der Waals surface area contributed by atoms with E-state index in [4.69, 9.17) is 5.73 Å². The Balaban J connectivity index is 2.29. The van der Waals surface area contributed by atoms with Crippen molar-refractivity contribution in [1.29, 1.82) is 0 Å². The van der Waals surface area contributed by atoms with Gasteiger partial charge < -0.3 is 15.5 Å². The number of nitrogens with two attached hydrogens (primary N) is 1. The van der Waals surface area contributed by atoms with Crippen molar-refractivity contribution in [2.75, 3.05) is 31.6 Å². The van der Waals surface area contributed by atoms with E-state index >= 15 is 0 Å². The fourth-order valence-corrected chi connectivity index (χ4v) is 1.95. The molecule has 0 aromatic heterocycles. The van der Waals surface area contributed by atoms with Gasteiger partial charge in [-0.3, -0.25) is 4.79 Å². The van der Waals surface area contributed by atoms with E-state index < -0.39 is 11.6 Å². The SMILES string of the molecule is CN1CCN(c2ccc(CN)c(F)c2F)CC1=O. The molecule has 1 heterocycles. The second kappa shape index (κ2) is 4.89. The Labute approximate surface area is 104 Å². The van der Waals surface area contributed by atoms with Crippen molar-refractivity contribution in [3.8, 4) is 0 Å². The van der Waals surface area contributed by atoms with Crippen LogP contribution in [0.25, 0.3) is 0 Å². The van der Waals surface area contributed by atoms with E-state index in [1.54, 1.807) is 16.8 Å². The van der Waals surface area contributed by atoms with Crippen LogP contribution in [-0.2, 0) is 11.3 Å². The molecule has 0 atom stereocenters. The van der Waals surface area contributed by atoms with Crippen molar-refractivity contribution in [2.24, 2.45) is 5.73 Å². The molecule has 1 aromatic carbocycles. The summed E-state index contributed by atoms with van der Waals surface area (Å²) in [5, 5.41) is 0. The smallest absolute Gasteiger partial charge is 0.241 e. The maximum absolute atomic E-state index is 13.9. The molecule has 2 N–H and O–H groups in total. The second-order valence-corrected chi connectivity index (χ2v) is 4.31. The van der Waals surface area contributed by atoms with E-state index in [9.17, 15) is 13.6 Å². The molecule has 6 heteroatoms. The van der Waals surface area contributed by atoms with Crippen LogP contribution in [0.1, 0.15) is 5.56 Å². The Morgan fingerprint density at radius 3 is 2.61 bits per heavy atom. The van der Waals surface area contributed by atoms with E-state index in [1.165, 1.54) is 12.1 Å². The van der Waals surface area contributed by atoms with Crippen LogP contribution in [0.5, 0.6) is 0 Å². The number of amides is 1. The van der Waals surface area contributed by atoms with Crippen LogP contribution in [0.2, 0.25) is 0 Å². The summed E-state index contributed by atoms with van der Waals surface area (Å²) in [7, 11) is 1.69. The summed E-state index contributed by atoms with van der Waals surface area (Å²) in [6, 6.07) is 2.93. The number of likely N-dealkylation sites (N-methyl/N-ethyl adjacent to an activating group) is 1. The Kier molecular flexibility index (Phi) is 3.47. The van der Waals surface area contributed by atoms with Gasteiger partial charge in [0.05, 0.1) is 12.2 Å². The number of nitrogens with zero attached hydrogens (tertiary/aromatic N) is 2. The number of hydrogen-bond acceptors (Lipinski definition) is 3. The standard InChI is InChI=1S/C12H15F2N3O/c1-16-4-5-17(7-10(16)18)9-3-2-8(6-15)11(13)12(9)14/h2-3H,4-7,15H2,1H3. The topological polar surface area (TPSA) is 49.6 Å². The molecule has 0 radical (unpaired) electrons. The van der Waals surface area contributed by atoms with E-state index in [0.29, 0.717) is 13.1 Å². The van der Waals surface area contributed by atoms with Gasteiger partial charge in [-0.15, -0.1) is 0 Å². The summed E-state index contributed by atoms with van der Waals surface area (Å²) in [6.07, 6.45) is 0. The van der Waals surface area contributed by atoms with Crippen LogP contribution in [0, 0.1) is 11.6 Å². The summed E-state index contributed by atoms with van der Waals surface area (Å²) in [6.45, 7) is 0.999. The predicted octanol–water partition coefficient (Wildman–Crippen LogP) is 0.702. The number of carbonyl (C=O) groups excluding carboxylic acids is 1. The van der Waals surface area contributed by atoms with Crippen LogP contribution in [0.3, 0.4) is 0 Å². The Bertz CT molecular complexity index is 479. The van der Waals surface area contributed by atoms with Crippen molar-refractivity contribution >= 4 is 11.6 Å². The maximum atomic E-state index is 13.9. The van der Waals surface area contributed by atoms with Gasteiger partial charge in [0.25, 0.3) is 0 Å². The molecule has 18 heavy (non-hydrogen) atoms. The molecule has 1 aliphatic rings. The molecule has 1 amide bonds. The summed E-state index contributed by atoms with van der Waals surface area (Å²) >= 11 is 0. The molecule has 1 aromatic rings. The number of halogens is 2. The van der Waals surface area contributed by atoms with E-state index in [2.05, 4.69) is 0 Å². The molecule has 1 aliphatic heterocycles. The number of rotatable bonds is 2. The minimum Gasteiger partial charge on any atom is -0.358 e. The number of anilines is 1. The highest BCUT2D eigenvalue weighted by Crippen LogP contribution is 2.25. The Hall–Kier alpha value is -1.69. The van der Waals surface area contributed by atoms with Crippen molar-refractivity contribution in [1.82, 2.24) is 4.90 Å². The zero-order chi connectivity index (χ0) is 13.3. The summed E-state index contributed by atoms with van der Waals surface area (Å²) in [4.78, 5) is 14.7. The van der Waals surface area contributed by atoms with Crippen LogP contribution >= 0.6 is 0 Å². The number of benzene rings is 1. The number of carbonyl (C=O) groups is 1. The molecule has 4 nitrogen and oxygen atoms in total. The van der Waals surface area contributed by atoms with Crippen molar-refractivity contribution in [3.63, 3.8) is 0 Å². The Morgan fingerprint density at radius 2 is 2.00 bits per heavy atom. The lowest BCUT2D eigenvalue weighted by Gasteiger charge is -2.33. The van der Waals surface area contributed by atoms with Crippen molar-refractivity contribution < 1.29 is 13.6 Å². The predicted molar refractivity (Wildman–Crippen MR) is 64.1 cm³/mol. The highest BCUT2D eigenvalue weighted by Gasteiger charge is 2.24. The van der Waals surface area contributed by atoms with Gasteiger partial charge in [-0.1, -0.05) is 6.07 Å². The maximum Gasteiger partial charge on any atom is 0.241 e. The third-order valence-electron chi connectivity index (χ3n) is 3.16. The van der Waals surface area contributed by atoms with Gasteiger partial charge in [0.15, 0.2) is 11.6 Å². The van der Waals surface area contributed by atoms with Crippen molar-refractivity contribution in [2.45, 2.75) is 6.54 Å². The van der Waals surface area contributed by atoms with Gasteiger partial charge in [0.1, 0.15) is 0 Å². The third-order valence-corrected chi connectivity index (χ3v) is 3.16. The molecule has 0 saturated carbocycles. The highest BCUT2D eigenvalue weighted by molar-refractivity contribution is 5.82. The molecular weight excluding hydrogens is 240 g/mol. The lowest BCUT2D eigenvalue weighted by molar-refractivity contribution is -0.129. The number of hydrogen-bond donors (Lipinski definition) is 1. The van der Waals surface area contributed by atoms with Gasteiger partial charge >= 0.3 is 0 Å². The van der Waals surface area contributed by atoms with E-state index in [1.807, 2.05) is 0 Å². The largest absolute Gasteiger partial charge is 0.358 e. The molecule has 0 spiro atoms. The first-order chi connectivity index (χ1) is 8.54. The van der Waals surface area contributed by atoms with Gasteiger partial charge in [-0.05, 0) is 6.07 Å². The summed E-state index contributed by atoms with van der Waals surface area (Å²) in [5.41, 5.74) is 5.56. The second-order valence-electron chi connectivity index (χ2n) is 4.31. The molecule has 1 saturated heterocycles. The molecule has 98 valence electrons. The molecule has 0 bridgehead atoms. The quantitative estimate of drug-likeness (QED) is 0.846. The normalized spacial score (nSPS) is 16.3. The van der Waals surface area contributed by atoms with Gasteiger partial charge in [0, 0.05) is 32.2 Å². The molecule has 1 fully saturated rings. The van der Waals surface area contributed by atoms with Crippen LogP contribution in [0.15, 0.2) is 12.1 Å². The zero-order valence-corrected chi connectivity index (χ0v) is 10.1. The molecule has 0 aliphatic carbocycles. The fraction of sp³-hybridized carbons (Fsp3) is 0.417. The van der Waals surface area contributed by atoms with Crippen LogP contribution in [0.4, 0.5) is 14.5 Å². The van der Waals surface area contributed by atoms with Gasteiger partial charge in [0.2, 0.25) is 5.91 Å². The molecular formula is C12H15F2N3O. The van der Waals surface area contributed by atoms with E-state index in [-0.39, 0.29) is 30.2 Å². The first-order valence-corrected chi connectivity index (χ1v) is 5.70. The van der Waals surface area contributed by atoms with Gasteiger partial charge in [-0.2, -0.15) is 0 Å². The fourth-order valence-electron chi connectivity index (χ4n) is 1.95. The lowest BCUT2D eigenvalue weighted by atomic mass is 10.1. The minimum absolute atomic E-state index is 0.0509. The average molecular weight is 255 g/mol. The minimum atomic E-state index is -0.935. The first kappa shape index (κ1) is 12.8. The molecule has 0 unspecified atom stereocenters. The molecule has 2 rings (SSSR count). The van der Waals surface area contributed by atoms with Gasteiger partial charge in [-0.25, -0.2) is 8.78 Å². The zero-order valence-electron chi connectivity index (χ0n) is 10.1. The summed E-state index contributed by atoms with van der Waals surface area (Å²) in [5.74, 6) is -1.97. The van der Waals surface area contributed by atoms with E-state index in [0.717, 1.165) is 0 Å². The Morgan fingerprint density at radius 1 is 1.28 bits per heavy atom. The average Bonchev–Trinajstić information content (AvgIpc) is 2.36. The third kappa shape index (κ3) is 2.15. The van der Waals surface area contributed by atoms with Crippen LogP contribution in [-0.4, -0.2) is 37.5 Å². The monoisotopic (exact) mass is 255 g/mol. The lowest BCUT2D eigenvalue weighted by Crippen LogP contribution is -2.48. The first-order valence-electron chi connectivity index (χ1n) is 5.70. The highest BCUT2D eigenvalue weighted by atomic mass is 19.2.